The number of rotatable bonds is 7. The molecule has 0 radical (unpaired) electrons. The van der Waals surface area contributed by atoms with Crippen molar-refractivity contribution < 1.29 is 26.6 Å². The molecule has 1 rings (SSSR count). The lowest BCUT2D eigenvalue weighted by Gasteiger charge is -2.38. The summed E-state index contributed by atoms with van der Waals surface area (Å²) in [7, 11) is -7.51. The zero-order valence-corrected chi connectivity index (χ0v) is 15.2. The van der Waals surface area contributed by atoms with Crippen molar-refractivity contribution in [3.63, 3.8) is 0 Å². The van der Waals surface area contributed by atoms with Gasteiger partial charge >= 0.3 is 8.25 Å². The molecule has 6 nitrogen and oxygen atoms in total. The molecule has 0 aliphatic heterocycles. The molecule has 0 amide bonds. The van der Waals surface area contributed by atoms with E-state index in [9.17, 15) is 13.0 Å². The quantitative estimate of drug-likeness (QED) is 0.462. The summed E-state index contributed by atoms with van der Waals surface area (Å²) in [5, 5.41) is 0. The number of hydrogen-bond acceptors (Lipinski definition) is 5. The number of benzene rings is 1. The summed E-state index contributed by atoms with van der Waals surface area (Å²) >= 11 is 0. The summed E-state index contributed by atoms with van der Waals surface area (Å²) in [5.74, 6) is -2.60. The number of aryl methyl sites for hydroxylation is 1. The summed E-state index contributed by atoms with van der Waals surface area (Å²) < 4.78 is 46.5. The van der Waals surface area contributed by atoms with Crippen LogP contribution in [0.15, 0.2) is 29.2 Å². The molecule has 126 valence electrons. The molecule has 0 saturated carbocycles. The first-order valence-corrected chi connectivity index (χ1v) is 9.62. The van der Waals surface area contributed by atoms with Crippen molar-refractivity contribution in [3.8, 4) is 0 Å². The minimum atomic E-state index is -4.13. The molecule has 0 fully saturated rings. The normalized spacial score (nSPS) is 14.5. The summed E-state index contributed by atoms with van der Waals surface area (Å²) in [5.41, 5.74) is 0.912. The third-order valence-corrected chi connectivity index (χ3v) is 5.23. The maximum atomic E-state index is 12.5. The fraction of sp³-hybridized carbons (Fsp3) is 0.571. The van der Waals surface area contributed by atoms with Crippen LogP contribution in [0.2, 0.25) is 0 Å². The van der Waals surface area contributed by atoms with Crippen molar-refractivity contribution in [2.75, 3.05) is 0 Å². The van der Waals surface area contributed by atoms with Crippen LogP contribution in [0, 0.1) is 18.8 Å². The fourth-order valence-electron chi connectivity index (χ4n) is 2.17. The second kappa shape index (κ2) is 7.23. The zero-order valence-electron chi connectivity index (χ0n) is 13.4. The largest absolute Gasteiger partial charge is 0.326 e. The Labute approximate surface area is 132 Å². The van der Waals surface area contributed by atoms with Crippen LogP contribution in [0.5, 0.6) is 0 Å². The van der Waals surface area contributed by atoms with Crippen molar-refractivity contribution in [1.82, 2.24) is 0 Å². The third kappa shape index (κ3) is 4.40. The second-order valence-electron chi connectivity index (χ2n) is 5.75. The summed E-state index contributed by atoms with van der Waals surface area (Å²) in [4.78, 5) is 9.12. The van der Waals surface area contributed by atoms with Crippen LogP contribution < -0.4 is 0 Å². The molecule has 0 saturated heterocycles. The predicted molar refractivity (Wildman–Crippen MR) is 84.2 cm³/mol. The van der Waals surface area contributed by atoms with Crippen LogP contribution in [0.4, 0.5) is 0 Å². The molecule has 8 heteroatoms. The van der Waals surface area contributed by atoms with Gasteiger partial charge in [0.25, 0.3) is 10.1 Å². The van der Waals surface area contributed by atoms with Gasteiger partial charge in [0.1, 0.15) is 0 Å². The molecule has 0 spiro atoms. The summed E-state index contributed by atoms with van der Waals surface area (Å²) in [6, 6.07) is 6.16. The van der Waals surface area contributed by atoms with E-state index in [0.29, 0.717) is 0 Å². The Morgan fingerprint density at radius 3 is 1.91 bits per heavy atom. The van der Waals surface area contributed by atoms with Crippen LogP contribution in [-0.2, 0) is 23.4 Å². The van der Waals surface area contributed by atoms with Gasteiger partial charge in [0.05, 0.1) is 4.90 Å². The van der Waals surface area contributed by atoms with E-state index >= 15 is 0 Å². The fourth-order valence-corrected chi connectivity index (χ4v) is 4.35. The minimum absolute atomic E-state index is 0.0232. The smallest absolute Gasteiger partial charge is 0.319 e. The maximum absolute atomic E-state index is 12.5. The molecule has 1 aromatic carbocycles. The van der Waals surface area contributed by atoms with Gasteiger partial charge in [-0.25, -0.2) is 4.18 Å². The first kappa shape index (κ1) is 19.3. The monoisotopic (exact) mass is 350 g/mol. The van der Waals surface area contributed by atoms with Crippen LogP contribution >= 0.6 is 8.25 Å². The van der Waals surface area contributed by atoms with E-state index in [1.807, 2.05) is 6.92 Å². The van der Waals surface area contributed by atoms with Gasteiger partial charge in [-0.05, 0) is 19.1 Å². The van der Waals surface area contributed by atoms with Crippen LogP contribution in [0.25, 0.3) is 0 Å². The Morgan fingerprint density at radius 1 is 1.09 bits per heavy atom. The molecule has 0 aromatic heterocycles. The molecule has 1 aromatic rings. The Bertz CT molecular complexity index is 613. The van der Waals surface area contributed by atoms with Crippen LogP contribution in [0.3, 0.4) is 0 Å². The highest BCUT2D eigenvalue weighted by atomic mass is 32.2. The molecule has 1 atom stereocenters. The van der Waals surface area contributed by atoms with Crippen LogP contribution in [-0.4, -0.2) is 19.1 Å². The predicted octanol–water partition coefficient (Wildman–Crippen LogP) is 3.11. The SMILES string of the molecule is Cc1ccc(S(=O)(=O)OC(O[PH](=O)O)(C(C)C)C(C)C)cc1. The molecule has 0 bridgehead atoms. The lowest BCUT2D eigenvalue weighted by atomic mass is 9.92. The molecule has 22 heavy (non-hydrogen) atoms. The summed E-state index contributed by atoms with van der Waals surface area (Å²) in [6.45, 7) is 8.54. The molecular formula is C14H23O6PS. The van der Waals surface area contributed by atoms with Gasteiger partial charge in [0, 0.05) is 11.8 Å². The Morgan fingerprint density at radius 2 is 1.55 bits per heavy atom. The van der Waals surface area contributed by atoms with E-state index in [1.54, 1.807) is 39.8 Å². The van der Waals surface area contributed by atoms with Crippen molar-refractivity contribution in [1.29, 1.82) is 0 Å². The Balaban J connectivity index is 3.28. The highest BCUT2D eigenvalue weighted by Gasteiger charge is 2.45. The van der Waals surface area contributed by atoms with Gasteiger partial charge in [-0.15, -0.1) is 0 Å². The van der Waals surface area contributed by atoms with E-state index in [4.69, 9.17) is 13.6 Å². The van der Waals surface area contributed by atoms with E-state index in [-0.39, 0.29) is 4.90 Å². The van der Waals surface area contributed by atoms with Crippen molar-refractivity contribution in [2.24, 2.45) is 11.8 Å². The van der Waals surface area contributed by atoms with Gasteiger partial charge in [0.15, 0.2) is 5.79 Å². The first-order chi connectivity index (χ1) is 10.0. The van der Waals surface area contributed by atoms with E-state index in [0.717, 1.165) is 5.56 Å². The average Bonchev–Trinajstić information content (AvgIpc) is 2.36. The molecular weight excluding hydrogens is 327 g/mol. The van der Waals surface area contributed by atoms with Gasteiger partial charge in [-0.2, -0.15) is 8.42 Å². The Hall–Kier alpha value is -0.720. The van der Waals surface area contributed by atoms with Gasteiger partial charge in [-0.1, -0.05) is 45.4 Å². The zero-order chi connectivity index (χ0) is 17.1. The van der Waals surface area contributed by atoms with Crippen molar-refractivity contribution in [2.45, 2.75) is 45.3 Å². The second-order valence-corrected chi connectivity index (χ2v) is 8.03. The van der Waals surface area contributed by atoms with Crippen molar-refractivity contribution >= 4 is 18.4 Å². The third-order valence-electron chi connectivity index (χ3n) is 3.41. The van der Waals surface area contributed by atoms with E-state index in [1.165, 1.54) is 12.1 Å². The molecule has 1 unspecified atom stereocenters. The average molecular weight is 350 g/mol. The standard InChI is InChI=1S/C14H23O6PS/c1-10(2)14(11(3)4,19-21(15)16)20-22(17,18)13-8-6-12(5)7-9-13/h6-11,21H,1-5H3,(H,15,16). The molecule has 1 N–H and O–H groups in total. The Kier molecular flexibility index (Phi) is 6.36. The van der Waals surface area contributed by atoms with Gasteiger partial charge in [0.2, 0.25) is 0 Å². The van der Waals surface area contributed by atoms with Gasteiger partial charge < -0.3 is 4.89 Å². The molecule has 0 heterocycles. The van der Waals surface area contributed by atoms with Crippen LogP contribution in [0.1, 0.15) is 33.3 Å². The van der Waals surface area contributed by atoms with Crippen molar-refractivity contribution in [3.05, 3.63) is 29.8 Å². The highest BCUT2D eigenvalue weighted by Crippen LogP contribution is 2.41. The maximum Gasteiger partial charge on any atom is 0.319 e. The lowest BCUT2D eigenvalue weighted by Crippen LogP contribution is -2.46. The molecule has 0 aliphatic carbocycles. The molecule has 0 aliphatic rings. The number of hydrogen-bond donors (Lipinski definition) is 1. The van der Waals surface area contributed by atoms with Gasteiger partial charge in [-0.3, -0.25) is 9.09 Å². The summed E-state index contributed by atoms with van der Waals surface area (Å²) in [6.07, 6.45) is 0. The lowest BCUT2D eigenvalue weighted by molar-refractivity contribution is -0.176. The topological polar surface area (TPSA) is 89.9 Å². The highest BCUT2D eigenvalue weighted by molar-refractivity contribution is 7.86. The van der Waals surface area contributed by atoms with E-state index < -0.39 is 36.0 Å². The minimum Gasteiger partial charge on any atom is -0.326 e. The first-order valence-electron chi connectivity index (χ1n) is 6.95. The van der Waals surface area contributed by atoms with E-state index in [2.05, 4.69) is 0 Å².